The van der Waals surface area contributed by atoms with Gasteiger partial charge in [0.15, 0.2) is 5.82 Å². The van der Waals surface area contributed by atoms with Gasteiger partial charge in [0.1, 0.15) is 0 Å². The Hall–Kier alpha value is -2.98. The molecule has 1 unspecified atom stereocenters. The van der Waals surface area contributed by atoms with Gasteiger partial charge in [-0.3, -0.25) is 4.98 Å². The Kier molecular flexibility index (Phi) is 8.58. The Morgan fingerprint density at radius 2 is 1.71 bits per heavy atom. The summed E-state index contributed by atoms with van der Waals surface area (Å²) in [4.78, 5) is 4.00. The number of rotatable bonds is 10. The molecule has 3 rings (SSSR count). The Bertz CT molecular complexity index is 1340. The fourth-order valence-corrected chi connectivity index (χ4v) is 4.68. The van der Waals surface area contributed by atoms with Gasteiger partial charge in [-0.2, -0.15) is 8.78 Å². The van der Waals surface area contributed by atoms with Crippen molar-refractivity contribution >= 4 is 50.3 Å². The van der Waals surface area contributed by atoms with Crippen LogP contribution < -0.4 is 10.6 Å². The summed E-state index contributed by atoms with van der Waals surface area (Å²) in [6.07, 6.45) is 3.27. The predicted octanol–water partition coefficient (Wildman–Crippen LogP) is 9.36. The molecular formula is C27H23BrClF6N3. The first-order valence-electron chi connectivity index (χ1n) is 11.2. The minimum absolute atomic E-state index is 0.0279. The molecule has 3 nitrogen and oxygen atoms in total. The van der Waals surface area contributed by atoms with Gasteiger partial charge in [-0.25, -0.2) is 17.6 Å². The number of nitrogens with zero attached hydrogens (tertiary/aromatic N) is 1. The Morgan fingerprint density at radius 1 is 1.03 bits per heavy atom. The first-order valence-corrected chi connectivity index (χ1v) is 12.4. The molecule has 2 N–H and O–H groups in total. The van der Waals surface area contributed by atoms with Crippen LogP contribution in [0, 0.1) is 5.82 Å². The lowest BCUT2D eigenvalue weighted by Crippen LogP contribution is -2.50. The quantitative estimate of drug-likeness (QED) is 0.176. The third-order valence-electron chi connectivity index (χ3n) is 5.84. The maximum absolute atomic E-state index is 15.4. The second kappa shape index (κ2) is 11.0. The second-order valence-electron chi connectivity index (χ2n) is 8.51. The molecule has 1 heterocycles. The second-order valence-corrected chi connectivity index (χ2v) is 9.84. The van der Waals surface area contributed by atoms with Crippen LogP contribution in [-0.2, 0) is 12.1 Å². The first kappa shape index (κ1) is 29.6. The van der Waals surface area contributed by atoms with E-state index in [0.717, 1.165) is 12.1 Å². The number of aromatic nitrogens is 1. The molecular weight excluding hydrogens is 596 g/mol. The lowest BCUT2D eigenvalue weighted by atomic mass is 9.88. The zero-order valence-corrected chi connectivity index (χ0v) is 22.6. The summed E-state index contributed by atoms with van der Waals surface area (Å²) < 4.78 is 86.7. The number of aryl methyl sites for hydroxylation is 1. The number of alkyl halides is 6. The fraction of sp³-hybridized carbons (Fsp3) is 0.222. The monoisotopic (exact) mass is 617 g/mol. The minimum atomic E-state index is -4.91. The number of benzene rings is 2. The summed E-state index contributed by atoms with van der Waals surface area (Å²) >= 11 is 7.96. The molecule has 0 saturated carbocycles. The van der Waals surface area contributed by atoms with Crippen LogP contribution in [0.5, 0.6) is 0 Å². The highest BCUT2D eigenvalue weighted by molar-refractivity contribution is 9.10. The maximum Gasteiger partial charge on any atom is 0.365 e. The van der Waals surface area contributed by atoms with Gasteiger partial charge < -0.3 is 10.6 Å². The van der Waals surface area contributed by atoms with E-state index in [0.29, 0.717) is 11.3 Å². The number of hydrogen-bond donors (Lipinski definition) is 2. The van der Waals surface area contributed by atoms with Gasteiger partial charge >= 0.3 is 5.38 Å². The van der Waals surface area contributed by atoms with Gasteiger partial charge in [-0.15, -0.1) is 0 Å². The Morgan fingerprint density at radius 3 is 2.26 bits per heavy atom. The van der Waals surface area contributed by atoms with Crippen LogP contribution in [0.15, 0.2) is 72.5 Å². The van der Waals surface area contributed by atoms with Crippen molar-refractivity contribution in [2.45, 2.75) is 37.2 Å². The molecule has 2 aromatic carbocycles. The van der Waals surface area contributed by atoms with Crippen LogP contribution in [0.3, 0.4) is 0 Å². The zero-order chi connectivity index (χ0) is 28.5. The SMILES string of the molecule is C=C(Nc1cccc(C(=C)Nc2c(Br)cc(C(F)(C(C)(F)F)C(F)(F)Cl)cc2CC)c1F)c1cccnc1. The molecule has 0 bridgehead atoms. The highest BCUT2D eigenvalue weighted by atomic mass is 79.9. The average Bonchev–Trinajstić information content (AvgIpc) is 2.84. The van der Waals surface area contributed by atoms with Crippen molar-refractivity contribution in [3.8, 4) is 0 Å². The molecule has 0 radical (unpaired) electrons. The summed E-state index contributed by atoms with van der Waals surface area (Å²) in [6.45, 7) is 9.39. The standard InChI is InChI=1S/C27H23BrClF6N3/c1-5-17-12-19(26(33,25(4,31)32)27(29,34)35)13-21(28)24(17)38-16(3)20-9-6-10-22(23(20)30)37-15(2)18-8-7-11-36-14-18/h6-14,37-38H,2-3,5H2,1,4H3. The van der Waals surface area contributed by atoms with E-state index < -0.39 is 28.4 Å². The molecule has 0 aliphatic carbocycles. The molecule has 38 heavy (non-hydrogen) atoms. The summed E-state index contributed by atoms with van der Waals surface area (Å²) in [7, 11) is 0. The third-order valence-corrected chi connectivity index (χ3v) is 6.73. The van der Waals surface area contributed by atoms with Crippen molar-refractivity contribution in [2.75, 3.05) is 10.6 Å². The molecule has 1 atom stereocenters. The lowest BCUT2D eigenvalue weighted by molar-refractivity contribution is -0.212. The molecule has 0 aliphatic rings. The molecule has 0 amide bonds. The van der Waals surface area contributed by atoms with E-state index >= 15 is 8.78 Å². The van der Waals surface area contributed by atoms with E-state index in [1.165, 1.54) is 12.1 Å². The van der Waals surface area contributed by atoms with Crippen molar-refractivity contribution in [3.05, 3.63) is 101 Å². The number of nitrogens with one attached hydrogen (secondary N) is 2. The van der Waals surface area contributed by atoms with Gasteiger partial charge in [0.25, 0.3) is 11.6 Å². The summed E-state index contributed by atoms with van der Waals surface area (Å²) in [5, 5.41) is 0.859. The molecule has 0 saturated heterocycles. The van der Waals surface area contributed by atoms with Crippen molar-refractivity contribution in [3.63, 3.8) is 0 Å². The van der Waals surface area contributed by atoms with Crippen molar-refractivity contribution in [2.24, 2.45) is 0 Å². The number of hydrogen-bond acceptors (Lipinski definition) is 3. The summed E-state index contributed by atoms with van der Waals surface area (Å²) in [6, 6.07) is 9.64. The van der Waals surface area contributed by atoms with E-state index in [2.05, 4.69) is 44.7 Å². The van der Waals surface area contributed by atoms with Crippen molar-refractivity contribution < 1.29 is 26.3 Å². The van der Waals surface area contributed by atoms with Gasteiger partial charge in [0.05, 0.1) is 11.4 Å². The van der Waals surface area contributed by atoms with Gasteiger partial charge in [-0.05, 0) is 75.9 Å². The topological polar surface area (TPSA) is 37.0 Å². The normalized spacial score (nSPS) is 13.5. The predicted molar refractivity (Wildman–Crippen MR) is 144 cm³/mol. The van der Waals surface area contributed by atoms with Crippen LogP contribution in [0.1, 0.15) is 36.1 Å². The Labute approximate surface area is 229 Å². The van der Waals surface area contributed by atoms with E-state index in [1.54, 1.807) is 37.5 Å². The van der Waals surface area contributed by atoms with Crippen LogP contribution in [0.25, 0.3) is 11.4 Å². The fourth-order valence-electron chi connectivity index (χ4n) is 3.80. The van der Waals surface area contributed by atoms with Crippen molar-refractivity contribution in [1.82, 2.24) is 4.98 Å². The van der Waals surface area contributed by atoms with E-state index in [9.17, 15) is 17.6 Å². The van der Waals surface area contributed by atoms with Crippen LogP contribution in [-0.4, -0.2) is 16.3 Å². The molecule has 202 valence electrons. The molecule has 0 fully saturated rings. The van der Waals surface area contributed by atoms with Crippen LogP contribution >= 0.6 is 27.5 Å². The average molecular weight is 619 g/mol. The zero-order valence-electron chi connectivity index (χ0n) is 20.3. The van der Waals surface area contributed by atoms with Crippen molar-refractivity contribution in [1.29, 1.82) is 0 Å². The highest BCUT2D eigenvalue weighted by Crippen LogP contribution is 2.54. The maximum atomic E-state index is 15.4. The molecule has 11 heteroatoms. The van der Waals surface area contributed by atoms with E-state index in [-0.39, 0.29) is 46.0 Å². The minimum Gasteiger partial charge on any atom is -0.354 e. The van der Waals surface area contributed by atoms with Gasteiger partial charge in [-0.1, -0.05) is 26.1 Å². The van der Waals surface area contributed by atoms with E-state index in [4.69, 9.17) is 11.6 Å². The summed E-state index contributed by atoms with van der Waals surface area (Å²) in [5.41, 5.74) is -3.85. The smallest absolute Gasteiger partial charge is 0.354 e. The number of halogens is 8. The molecule has 3 aromatic rings. The van der Waals surface area contributed by atoms with E-state index in [1.807, 2.05) is 0 Å². The molecule has 1 aromatic heterocycles. The van der Waals surface area contributed by atoms with Crippen LogP contribution in [0.2, 0.25) is 0 Å². The van der Waals surface area contributed by atoms with Crippen LogP contribution in [0.4, 0.5) is 37.7 Å². The lowest BCUT2D eigenvalue weighted by Gasteiger charge is -2.35. The number of anilines is 2. The highest BCUT2D eigenvalue weighted by Gasteiger charge is 2.68. The largest absolute Gasteiger partial charge is 0.365 e. The Balaban J connectivity index is 1.96. The summed E-state index contributed by atoms with van der Waals surface area (Å²) in [5.74, 6) is -5.19. The third kappa shape index (κ3) is 5.71. The first-order chi connectivity index (χ1) is 17.6. The van der Waals surface area contributed by atoms with Gasteiger partial charge in [0.2, 0.25) is 0 Å². The molecule has 0 aliphatic heterocycles. The number of pyridine rings is 1. The van der Waals surface area contributed by atoms with Gasteiger partial charge in [0, 0.05) is 51.9 Å². The molecule has 0 spiro atoms.